The van der Waals surface area contributed by atoms with E-state index in [9.17, 15) is 4.79 Å². The van der Waals surface area contributed by atoms with Crippen LogP contribution in [0.1, 0.15) is 30.4 Å². The summed E-state index contributed by atoms with van der Waals surface area (Å²) >= 11 is 0. The van der Waals surface area contributed by atoms with Crippen LogP contribution in [-0.2, 0) is 16.1 Å². The van der Waals surface area contributed by atoms with Crippen molar-refractivity contribution in [2.45, 2.75) is 25.9 Å². The molecule has 0 bridgehead atoms. The SMILES string of the molecule is C#CCCOc1cccc(C#CCCC(=O)OCc2ccccc2)c1. The van der Waals surface area contributed by atoms with Gasteiger partial charge in [0.05, 0.1) is 13.0 Å². The molecule has 0 atom stereocenters. The van der Waals surface area contributed by atoms with Crippen molar-refractivity contribution in [1.29, 1.82) is 0 Å². The lowest BCUT2D eigenvalue weighted by Gasteiger charge is -2.04. The van der Waals surface area contributed by atoms with Gasteiger partial charge in [0.15, 0.2) is 0 Å². The van der Waals surface area contributed by atoms with E-state index in [0.717, 1.165) is 16.9 Å². The van der Waals surface area contributed by atoms with E-state index in [1.165, 1.54) is 0 Å². The van der Waals surface area contributed by atoms with Crippen molar-refractivity contribution in [3.8, 4) is 29.9 Å². The smallest absolute Gasteiger partial charge is 0.307 e. The van der Waals surface area contributed by atoms with Crippen molar-refractivity contribution >= 4 is 5.97 Å². The highest BCUT2D eigenvalue weighted by molar-refractivity contribution is 5.69. The van der Waals surface area contributed by atoms with Gasteiger partial charge in [0, 0.05) is 18.4 Å². The van der Waals surface area contributed by atoms with Gasteiger partial charge in [-0.2, -0.15) is 0 Å². The summed E-state index contributed by atoms with van der Waals surface area (Å²) < 4.78 is 10.7. The van der Waals surface area contributed by atoms with Crippen molar-refractivity contribution in [1.82, 2.24) is 0 Å². The lowest BCUT2D eigenvalue weighted by Crippen LogP contribution is -2.03. The van der Waals surface area contributed by atoms with E-state index in [2.05, 4.69) is 17.8 Å². The molecule has 0 aliphatic carbocycles. The van der Waals surface area contributed by atoms with E-state index < -0.39 is 0 Å². The molecule has 0 heterocycles. The summed E-state index contributed by atoms with van der Waals surface area (Å²) in [6.07, 6.45) is 6.49. The Morgan fingerprint density at radius 2 is 1.88 bits per heavy atom. The van der Waals surface area contributed by atoms with Crippen molar-refractivity contribution < 1.29 is 14.3 Å². The molecule has 0 saturated heterocycles. The molecule has 0 aromatic heterocycles. The van der Waals surface area contributed by atoms with Crippen LogP contribution < -0.4 is 4.74 Å². The van der Waals surface area contributed by atoms with Gasteiger partial charge in [-0.1, -0.05) is 48.2 Å². The largest absolute Gasteiger partial charge is 0.493 e. The quantitative estimate of drug-likeness (QED) is 0.437. The summed E-state index contributed by atoms with van der Waals surface area (Å²) in [6, 6.07) is 17.1. The van der Waals surface area contributed by atoms with Crippen LogP contribution in [0.25, 0.3) is 0 Å². The topological polar surface area (TPSA) is 35.5 Å². The number of ether oxygens (including phenoxy) is 2. The van der Waals surface area contributed by atoms with E-state index in [-0.39, 0.29) is 12.4 Å². The number of hydrogen-bond donors (Lipinski definition) is 0. The van der Waals surface area contributed by atoms with Crippen LogP contribution >= 0.6 is 0 Å². The molecular formula is C22H20O3. The minimum absolute atomic E-state index is 0.246. The Morgan fingerprint density at radius 3 is 2.68 bits per heavy atom. The molecule has 2 aromatic rings. The second-order valence-corrected chi connectivity index (χ2v) is 5.28. The predicted molar refractivity (Wildman–Crippen MR) is 97.7 cm³/mol. The number of carbonyl (C=O) groups excluding carboxylic acids is 1. The maximum absolute atomic E-state index is 11.7. The summed E-state index contributed by atoms with van der Waals surface area (Å²) in [4.78, 5) is 11.7. The Balaban J connectivity index is 1.73. The molecule has 0 fully saturated rings. The fraction of sp³-hybridized carbons (Fsp3) is 0.227. The first kappa shape index (κ1) is 18.2. The summed E-state index contributed by atoms with van der Waals surface area (Å²) in [5, 5.41) is 0. The van der Waals surface area contributed by atoms with Gasteiger partial charge in [-0.15, -0.1) is 12.3 Å². The Kier molecular flexibility index (Phi) is 7.69. The van der Waals surface area contributed by atoms with Crippen LogP contribution in [0.5, 0.6) is 5.75 Å². The molecule has 0 spiro atoms. The summed E-state index contributed by atoms with van der Waals surface area (Å²) in [7, 11) is 0. The van der Waals surface area contributed by atoms with Crippen LogP contribution in [0.15, 0.2) is 54.6 Å². The van der Waals surface area contributed by atoms with Crippen LogP contribution in [0.3, 0.4) is 0 Å². The summed E-state index contributed by atoms with van der Waals surface area (Å²) in [5.74, 6) is 9.04. The number of rotatable bonds is 7. The van der Waals surface area contributed by atoms with Crippen LogP contribution in [0, 0.1) is 24.2 Å². The van der Waals surface area contributed by atoms with Gasteiger partial charge in [-0.3, -0.25) is 4.79 Å². The van der Waals surface area contributed by atoms with Crippen LogP contribution in [-0.4, -0.2) is 12.6 Å². The molecule has 2 aromatic carbocycles. The minimum atomic E-state index is -0.246. The Hall–Kier alpha value is -3.17. The standard InChI is InChI=1S/C22H20O3/c1-2-3-16-24-21-14-9-13-19(17-21)10-7-8-15-22(23)25-18-20-11-5-4-6-12-20/h1,4-6,9,11-14,17H,3,8,15-16,18H2. The van der Waals surface area contributed by atoms with Gasteiger partial charge in [-0.05, 0) is 23.8 Å². The molecular weight excluding hydrogens is 312 g/mol. The Morgan fingerprint density at radius 1 is 1.04 bits per heavy atom. The molecule has 3 nitrogen and oxygen atoms in total. The first-order valence-electron chi connectivity index (χ1n) is 8.12. The number of terminal acetylenes is 1. The average Bonchev–Trinajstić information content (AvgIpc) is 2.65. The maximum atomic E-state index is 11.7. The third-order valence-electron chi connectivity index (χ3n) is 3.28. The van der Waals surface area contributed by atoms with Gasteiger partial charge in [0.1, 0.15) is 12.4 Å². The van der Waals surface area contributed by atoms with Crippen molar-refractivity contribution in [2.24, 2.45) is 0 Å². The van der Waals surface area contributed by atoms with Gasteiger partial charge >= 0.3 is 5.97 Å². The lowest BCUT2D eigenvalue weighted by atomic mass is 10.2. The second kappa shape index (κ2) is 10.6. The van der Waals surface area contributed by atoms with E-state index in [0.29, 0.717) is 26.1 Å². The Bertz CT molecular complexity index is 776. The number of benzene rings is 2. The molecule has 126 valence electrons. The first-order chi connectivity index (χ1) is 12.3. The molecule has 0 saturated carbocycles. The predicted octanol–water partition coefficient (Wildman–Crippen LogP) is 3.96. The van der Waals surface area contributed by atoms with E-state index in [1.807, 2.05) is 54.6 Å². The molecule has 0 radical (unpaired) electrons. The molecule has 0 unspecified atom stereocenters. The molecule has 2 rings (SSSR count). The van der Waals surface area contributed by atoms with Gasteiger partial charge in [0.2, 0.25) is 0 Å². The lowest BCUT2D eigenvalue weighted by molar-refractivity contribution is -0.144. The van der Waals surface area contributed by atoms with Crippen molar-refractivity contribution in [3.63, 3.8) is 0 Å². The minimum Gasteiger partial charge on any atom is -0.493 e. The summed E-state index contributed by atoms with van der Waals surface area (Å²) in [5.41, 5.74) is 1.82. The molecule has 0 amide bonds. The second-order valence-electron chi connectivity index (χ2n) is 5.28. The third-order valence-corrected chi connectivity index (χ3v) is 3.28. The van der Waals surface area contributed by atoms with E-state index in [1.54, 1.807) is 0 Å². The third kappa shape index (κ3) is 7.29. The molecule has 0 N–H and O–H groups in total. The van der Waals surface area contributed by atoms with Gasteiger partial charge in [-0.25, -0.2) is 0 Å². The fourth-order valence-corrected chi connectivity index (χ4v) is 2.03. The highest BCUT2D eigenvalue weighted by Gasteiger charge is 2.01. The van der Waals surface area contributed by atoms with Gasteiger partial charge in [0.25, 0.3) is 0 Å². The normalized spacial score (nSPS) is 9.40. The molecule has 0 aliphatic rings. The maximum Gasteiger partial charge on any atom is 0.307 e. The van der Waals surface area contributed by atoms with E-state index >= 15 is 0 Å². The average molecular weight is 332 g/mol. The summed E-state index contributed by atoms with van der Waals surface area (Å²) in [6.45, 7) is 0.783. The zero-order chi connectivity index (χ0) is 17.7. The number of hydrogen-bond acceptors (Lipinski definition) is 3. The van der Waals surface area contributed by atoms with E-state index in [4.69, 9.17) is 15.9 Å². The van der Waals surface area contributed by atoms with Gasteiger partial charge < -0.3 is 9.47 Å². The molecule has 3 heteroatoms. The first-order valence-corrected chi connectivity index (χ1v) is 8.12. The van der Waals surface area contributed by atoms with Crippen molar-refractivity contribution in [3.05, 3.63) is 65.7 Å². The Labute approximate surface area is 149 Å². The van der Waals surface area contributed by atoms with Crippen LogP contribution in [0.2, 0.25) is 0 Å². The highest BCUT2D eigenvalue weighted by Crippen LogP contribution is 2.12. The zero-order valence-corrected chi connectivity index (χ0v) is 14.0. The molecule has 0 aliphatic heterocycles. The number of carbonyl (C=O) groups is 1. The highest BCUT2D eigenvalue weighted by atomic mass is 16.5. The van der Waals surface area contributed by atoms with Crippen LogP contribution in [0.4, 0.5) is 0 Å². The molecule has 25 heavy (non-hydrogen) atoms. The monoisotopic (exact) mass is 332 g/mol. The fourth-order valence-electron chi connectivity index (χ4n) is 2.03. The number of esters is 1. The van der Waals surface area contributed by atoms with Crippen molar-refractivity contribution in [2.75, 3.05) is 6.61 Å². The zero-order valence-electron chi connectivity index (χ0n) is 14.0.